The minimum Gasteiger partial charge on any atom is -0.508 e. The number of phenolic OH excluding ortho intramolecular Hbond substituents is 1. The summed E-state index contributed by atoms with van der Waals surface area (Å²) in [6, 6.07) is 5.28. The molecule has 3 rings (SSSR count). The van der Waals surface area contributed by atoms with Gasteiger partial charge in [-0.1, -0.05) is 12.1 Å². The number of fused-ring (bicyclic) bond motifs is 1. The molecule has 0 spiro atoms. The molecule has 6 nitrogen and oxygen atoms in total. The van der Waals surface area contributed by atoms with Crippen molar-refractivity contribution in [2.24, 2.45) is 0 Å². The molecule has 1 amide bonds. The second-order valence-corrected chi connectivity index (χ2v) is 6.92. The van der Waals surface area contributed by atoms with Crippen molar-refractivity contribution in [3.05, 3.63) is 44.9 Å². The van der Waals surface area contributed by atoms with E-state index in [1.807, 2.05) is 6.07 Å². The van der Waals surface area contributed by atoms with Gasteiger partial charge in [-0.3, -0.25) is 4.79 Å². The molecule has 1 atom stereocenters. The van der Waals surface area contributed by atoms with Crippen molar-refractivity contribution < 1.29 is 19.8 Å². The molecule has 0 radical (unpaired) electrons. The first kappa shape index (κ1) is 16.4. The van der Waals surface area contributed by atoms with Gasteiger partial charge in [0.25, 0.3) is 0 Å². The second kappa shape index (κ2) is 6.60. The van der Waals surface area contributed by atoms with Crippen molar-refractivity contribution in [1.82, 2.24) is 10.3 Å². The number of aromatic nitrogens is 1. The molecule has 0 saturated heterocycles. The fraction of sp³-hybridized carbons (Fsp3) is 0.353. The molecule has 1 aliphatic carbocycles. The second-order valence-electron chi connectivity index (χ2n) is 5.83. The molecule has 1 aromatic heterocycles. The zero-order chi connectivity index (χ0) is 17.3. The maximum Gasteiger partial charge on any atom is 0.347 e. The highest BCUT2D eigenvalue weighted by molar-refractivity contribution is 7.13. The number of aryl methyl sites for hydroxylation is 1. The quantitative estimate of drug-likeness (QED) is 0.790. The molecule has 7 heteroatoms. The van der Waals surface area contributed by atoms with Crippen LogP contribution in [0.3, 0.4) is 0 Å². The monoisotopic (exact) mass is 346 g/mol. The van der Waals surface area contributed by atoms with Gasteiger partial charge < -0.3 is 15.5 Å². The van der Waals surface area contributed by atoms with Gasteiger partial charge in [0.2, 0.25) is 5.91 Å². The Morgan fingerprint density at radius 2 is 2.21 bits per heavy atom. The van der Waals surface area contributed by atoms with E-state index in [4.69, 9.17) is 5.11 Å². The number of carbonyl (C=O) groups excluding carboxylic acids is 1. The zero-order valence-electron chi connectivity index (χ0n) is 13.2. The maximum absolute atomic E-state index is 12.5. The lowest BCUT2D eigenvalue weighted by Gasteiger charge is -2.25. The van der Waals surface area contributed by atoms with Crippen molar-refractivity contribution in [2.45, 2.75) is 38.6 Å². The van der Waals surface area contributed by atoms with E-state index in [2.05, 4.69) is 10.3 Å². The minimum atomic E-state index is -1.00. The normalized spacial score (nSPS) is 16.5. The molecule has 1 heterocycles. The third kappa shape index (κ3) is 3.12. The Balaban J connectivity index is 1.72. The van der Waals surface area contributed by atoms with Crippen molar-refractivity contribution in [1.29, 1.82) is 0 Å². The molecule has 24 heavy (non-hydrogen) atoms. The zero-order valence-corrected chi connectivity index (χ0v) is 14.0. The topological polar surface area (TPSA) is 99.5 Å². The highest BCUT2D eigenvalue weighted by Gasteiger charge is 2.28. The lowest BCUT2D eigenvalue weighted by molar-refractivity contribution is -0.123. The summed E-state index contributed by atoms with van der Waals surface area (Å²) < 4.78 is 0. The molecule has 1 aliphatic rings. The molecular formula is C17H18N2O4S. The van der Waals surface area contributed by atoms with Gasteiger partial charge >= 0.3 is 5.97 Å². The summed E-state index contributed by atoms with van der Waals surface area (Å²) in [6.07, 6.45) is 2.36. The summed E-state index contributed by atoms with van der Waals surface area (Å²) in [6.45, 7) is 1.85. The molecule has 0 saturated carbocycles. The number of carboxylic acid groups (broad SMARTS) is 1. The maximum atomic E-state index is 12.5. The van der Waals surface area contributed by atoms with Crippen LogP contribution in [0.4, 0.5) is 0 Å². The summed E-state index contributed by atoms with van der Waals surface area (Å²) in [5.41, 5.74) is 2.19. The van der Waals surface area contributed by atoms with Gasteiger partial charge in [0.15, 0.2) is 0 Å². The predicted octanol–water partition coefficient (Wildman–Crippen LogP) is 2.59. The number of amides is 1. The third-order valence-electron chi connectivity index (χ3n) is 4.25. The van der Waals surface area contributed by atoms with Gasteiger partial charge in [-0.2, -0.15) is 0 Å². The van der Waals surface area contributed by atoms with Crippen molar-refractivity contribution in [3.8, 4) is 5.75 Å². The van der Waals surface area contributed by atoms with Gasteiger partial charge in [0.05, 0.1) is 18.2 Å². The highest BCUT2D eigenvalue weighted by Crippen LogP contribution is 2.36. The number of benzene rings is 1. The van der Waals surface area contributed by atoms with Crippen LogP contribution in [0.1, 0.15) is 50.3 Å². The van der Waals surface area contributed by atoms with E-state index in [-0.39, 0.29) is 29.0 Å². The molecule has 0 fully saturated rings. The Morgan fingerprint density at radius 3 is 2.92 bits per heavy atom. The average Bonchev–Trinajstić information content (AvgIpc) is 2.94. The Hall–Kier alpha value is -2.41. The first-order valence-corrected chi connectivity index (χ1v) is 8.57. The largest absolute Gasteiger partial charge is 0.508 e. The van der Waals surface area contributed by atoms with Crippen LogP contribution in [0.15, 0.2) is 18.2 Å². The van der Waals surface area contributed by atoms with Crippen molar-refractivity contribution >= 4 is 23.2 Å². The van der Waals surface area contributed by atoms with Crippen LogP contribution >= 0.6 is 11.3 Å². The van der Waals surface area contributed by atoms with Crippen LogP contribution in [0.2, 0.25) is 0 Å². The van der Waals surface area contributed by atoms with Crippen LogP contribution in [-0.4, -0.2) is 27.1 Å². The predicted molar refractivity (Wildman–Crippen MR) is 89.4 cm³/mol. The Kier molecular flexibility index (Phi) is 4.53. The van der Waals surface area contributed by atoms with E-state index in [1.54, 1.807) is 19.1 Å². The van der Waals surface area contributed by atoms with Crippen molar-refractivity contribution in [2.75, 3.05) is 0 Å². The number of nitrogens with one attached hydrogen (secondary N) is 1. The van der Waals surface area contributed by atoms with Crippen LogP contribution in [0.25, 0.3) is 0 Å². The lowest BCUT2D eigenvalue weighted by atomic mass is 9.82. The van der Waals surface area contributed by atoms with Gasteiger partial charge in [0, 0.05) is 0 Å². The number of aromatic carboxylic acids is 1. The fourth-order valence-electron chi connectivity index (χ4n) is 3.11. The number of carboxylic acids is 1. The standard InChI is InChI=1S/C17H18N2O4S/c1-9-15(17(22)23)24-14(19-9)8-18-16(21)12-6-2-5-11-10(12)4-3-7-13(11)20/h3-4,7,12,20H,2,5-6,8H2,1H3,(H,18,21)(H,22,23). The molecule has 2 aromatic rings. The summed E-state index contributed by atoms with van der Waals surface area (Å²) in [5.74, 6) is -1.17. The van der Waals surface area contributed by atoms with E-state index in [0.717, 1.165) is 41.7 Å². The number of hydrogen-bond donors (Lipinski definition) is 3. The van der Waals surface area contributed by atoms with Gasteiger partial charge in [-0.15, -0.1) is 11.3 Å². The van der Waals surface area contributed by atoms with E-state index in [0.29, 0.717) is 10.7 Å². The number of phenols is 1. The van der Waals surface area contributed by atoms with Crippen LogP contribution in [0, 0.1) is 6.92 Å². The SMILES string of the molecule is Cc1nc(CNC(=O)C2CCCc3c(O)cccc32)sc1C(=O)O. The van der Waals surface area contributed by atoms with E-state index in [9.17, 15) is 14.7 Å². The summed E-state index contributed by atoms with van der Waals surface area (Å²) in [7, 11) is 0. The summed E-state index contributed by atoms with van der Waals surface area (Å²) >= 11 is 1.08. The van der Waals surface area contributed by atoms with E-state index >= 15 is 0 Å². The number of hydrogen-bond acceptors (Lipinski definition) is 5. The number of carbonyl (C=O) groups is 2. The van der Waals surface area contributed by atoms with Gasteiger partial charge in [-0.25, -0.2) is 9.78 Å². The molecule has 0 bridgehead atoms. The van der Waals surface area contributed by atoms with E-state index in [1.165, 1.54) is 0 Å². The van der Waals surface area contributed by atoms with Crippen LogP contribution in [0.5, 0.6) is 5.75 Å². The number of rotatable bonds is 4. The molecule has 126 valence electrons. The Morgan fingerprint density at radius 1 is 1.42 bits per heavy atom. The van der Waals surface area contributed by atoms with E-state index < -0.39 is 5.97 Å². The number of aromatic hydroxyl groups is 1. The summed E-state index contributed by atoms with van der Waals surface area (Å²) in [4.78, 5) is 28.0. The molecule has 1 aromatic carbocycles. The van der Waals surface area contributed by atoms with Gasteiger partial charge in [-0.05, 0) is 43.4 Å². The van der Waals surface area contributed by atoms with Crippen LogP contribution in [-0.2, 0) is 17.8 Å². The molecule has 1 unspecified atom stereocenters. The highest BCUT2D eigenvalue weighted by atomic mass is 32.1. The Labute approximate surface area is 143 Å². The Bertz CT molecular complexity index is 800. The van der Waals surface area contributed by atoms with Crippen molar-refractivity contribution in [3.63, 3.8) is 0 Å². The lowest BCUT2D eigenvalue weighted by Crippen LogP contribution is -2.31. The van der Waals surface area contributed by atoms with Crippen LogP contribution < -0.4 is 5.32 Å². The summed E-state index contributed by atoms with van der Waals surface area (Å²) in [5, 5.41) is 22.4. The number of thiazole rings is 1. The third-order valence-corrected chi connectivity index (χ3v) is 5.39. The number of nitrogens with zero attached hydrogens (tertiary/aromatic N) is 1. The average molecular weight is 346 g/mol. The first-order chi connectivity index (χ1) is 11.5. The van der Waals surface area contributed by atoms with Gasteiger partial charge in [0.1, 0.15) is 15.6 Å². The first-order valence-electron chi connectivity index (χ1n) is 7.75. The minimum absolute atomic E-state index is 0.119. The molecular weight excluding hydrogens is 328 g/mol. The molecule has 3 N–H and O–H groups in total. The fourth-order valence-corrected chi connectivity index (χ4v) is 3.96. The molecule has 0 aliphatic heterocycles. The smallest absolute Gasteiger partial charge is 0.347 e.